The maximum absolute atomic E-state index is 5.76. The molecule has 1 heterocycles. The number of benzene rings is 1. The van der Waals surface area contributed by atoms with Crippen molar-refractivity contribution < 1.29 is 9.47 Å². The van der Waals surface area contributed by atoms with Gasteiger partial charge in [-0.1, -0.05) is 24.3 Å². The summed E-state index contributed by atoms with van der Waals surface area (Å²) in [7, 11) is 1.65. The van der Waals surface area contributed by atoms with E-state index in [1.54, 1.807) is 13.3 Å². The normalized spacial score (nSPS) is 12.1. The summed E-state index contributed by atoms with van der Waals surface area (Å²) in [5.74, 6) is 6.55. The van der Waals surface area contributed by atoms with Crippen LogP contribution in [0.1, 0.15) is 17.2 Å². The van der Waals surface area contributed by atoms with E-state index in [4.69, 9.17) is 15.3 Å². The Morgan fingerprint density at radius 3 is 2.76 bits per heavy atom. The summed E-state index contributed by atoms with van der Waals surface area (Å²) >= 11 is 0. The molecule has 1 unspecified atom stereocenters. The van der Waals surface area contributed by atoms with Gasteiger partial charge in [0.15, 0.2) is 0 Å². The van der Waals surface area contributed by atoms with E-state index in [9.17, 15) is 0 Å². The largest absolute Gasteiger partial charge is 0.491 e. The first-order valence-corrected chi connectivity index (χ1v) is 6.91. The quantitative estimate of drug-likeness (QED) is 0.440. The van der Waals surface area contributed by atoms with Gasteiger partial charge in [0.1, 0.15) is 12.4 Å². The van der Waals surface area contributed by atoms with Crippen LogP contribution in [-0.4, -0.2) is 25.3 Å². The average molecular weight is 287 g/mol. The summed E-state index contributed by atoms with van der Waals surface area (Å²) in [6, 6.07) is 11.8. The minimum Gasteiger partial charge on any atom is -0.491 e. The summed E-state index contributed by atoms with van der Waals surface area (Å²) in [4.78, 5) is 4.13. The van der Waals surface area contributed by atoms with E-state index in [0.29, 0.717) is 13.2 Å². The monoisotopic (exact) mass is 287 g/mol. The van der Waals surface area contributed by atoms with Gasteiger partial charge in [-0.15, -0.1) is 0 Å². The van der Waals surface area contributed by atoms with E-state index in [1.807, 2.05) is 42.6 Å². The molecule has 112 valence electrons. The van der Waals surface area contributed by atoms with Gasteiger partial charge >= 0.3 is 0 Å². The SMILES string of the molecule is COCCOc1ccccc1C(Cc1cccnc1)NN. The lowest BCUT2D eigenvalue weighted by atomic mass is 9.99. The van der Waals surface area contributed by atoms with Gasteiger partial charge in [-0.2, -0.15) is 0 Å². The zero-order valence-electron chi connectivity index (χ0n) is 12.2. The number of pyridine rings is 1. The molecule has 0 spiro atoms. The second-order valence-corrected chi connectivity index (χ2v) is 4.66. The zero-order chi connectivity index (χ0) is 14.9. The van der Waals surface area contributed by atoms with Crippen molar-refractivity contribution in [1.29, 1.82) is 0 Å². The second kappa shape index (κ2) is 8.36. The van der Waals surface area contributed by atoms with Gasteiger partial charge in [0.25, 0.3) is 0 Å². The molecule has 2 aromatic rings. The Bertz CT molecular complexity index is 534. The smallest absolute Gasteiger partial charge is 0.124 e. The summed E-state index contributed by atoms with van der Waals surface area (Å²) in [6.45, 7) is 1.06. The van der Waals surface area contributed by atoms with Gasteiger partial charge < -0.3 is 9.47 Å². The molecule has 0 saturated carbocycles. The van der Waals surface area contributed by atoms with Crippen LogP contribution in [0.4, 0.5) is 0 Å². The van der Waals surface area contributed by atoms with Crippen molar-refractivity contribution in [3.63, 3.8) is 0 Å². The van der Waals surface area contributed by atoms with Gasteiger partial charge in [-0.05, 0) is 24.1 Å². The molecular formula is C16H21N3O2. The van der Waals surface area contributed by atoms with Gasteiger partial charge in [0, 0.05) is 25.1 Å². The fraction of sp³-hybridized carbons (Fsp3) is 0.312. The lowest BCUT2D eigenvalue weighted by molar-refractivity contribution is 0.145. The number of ether oxygens (including phenoxy) is 2. The minimum atomic E-state index is -0.0343. The van der Waals surface area contributed by atoms with E-state index < -0.39 is 0 Å². The van der Waals surface area contributed by atoms with E-state index in [2.05, 4.69) is 10.4 Å². The van der Waals surface area contributed by atoms with Crippen LogP contribution in [0.5, 0.6) is 5.75 Å². The predicted molar refractivity (Wildman–Crippen MR) is 81.8 cm³/mol. The summed E-state index contributed by atoms with van der Waals surface area (Å²) in [5.41, 5.74) is 5.00. The third-order valence-corrected chi connectivity index (χ3v) is 3.20. The number of nitrogens with one attached hydrogen (secondary N) is 1. The van der Waals surface area contributed by atoms with Crippen molar-refractivity contribution in [1.82, 2.24) is 10.4 Å². The van der Waals surface area contributed by atoms with Crippen LogP contribution < -0.4 is 16.0 Å². The fourth-order valence-electron chi connectivity index (χ4n) is 2.15. The number of hydrogen-bond acceptors (Lipinski definition) is 5. The molecule has 1 aromatic carbocycles. The molecule has 2 rings (SSSR count). The number of para-hydroxylation sites is 1. The van der Waals surface area contributed by atoms with Gasteiger partial charge in [0.05, 0.1) is 12.6 Å². The Balaban J connectivity index is 2.13. The molecular weight excluding hydrogens is 266 g/mol. The molecule has 3 N–H and O–H groups in total. The molecule has 0 radical (unpaired) electrons. The maximum Gasteiger partial charge on any atom is 0.124 e. The first-order chi connectivity index (χ1) is 10.3. The molecule has 0 aliphatic heterocycles. The van der Waals surface area contributed by atoms with Crippen molar-refractivity contribution in [3.05, 3.63) is 59.9 Å². The van der Waals surface area contributed by atoms with E-state index in [0.717, 1.165) is 23.3 Å². The fourth-order valence-corrected chi connectivity index (χ4v) is 2.15. The number of nitrogens with two attached hydrogens (primary N) is 1. The molecule has 21 heavy (non-hydrogen) atoms. The molecule has 0 aliphatic rings. The third kappa shape index (κ3) is 4.53. The van der Waals surface area contributed by atoms with Crippen LogP contribution >= 0.6 is 0 Å². The van der Waals surface area contributed by atoms with E-state index in [1.165, 1.54) is 0 Å². The second-order valence-electron chi connectivity index (χ2n) is 4.66. The predicted octanol–water partition coefficient (Wildman–Crippen LogP) is 1.85. The van der Waals surface area contributed by atoms with Crippen LogP contribution in [0.25, 0.3) is 0 Å². The molecule has 1 atom stereocenters. The summed E-state index contributed by atoms with van der Waals surface area (Å²) in [5, 5.41) is 0. The molecule has 5 nitrogen and oxygen atoms in total. The molecule has 0 amide bonds. The lowest BCUT2D eigenvalue weighted by Crippen LogP contribution is -2.30. The Hall–Kier alpha value is -1.95. The number of hydrogen-bond donors (Lipinski definition) is 2. The number of rotatable bonds is 8. The number of aromatic nitrogens is 1. The standard InChI is InChI=1S/C16H21N3O2/c1-20-9-10-21-16-7-3-2-6-14(16)15(19-17)11-13-5-4-8-18-12-13/h2-8,12,15,19H,9-11,17H2,1H3. The molecule has 5 heteroatoms. The summed E-state index contributed by atoms with van der Waals surface area (Å²) < 4.78 is 10.8. The van der Waals surface area contributed by atoms with Crippen LogP contribution in [0.15, 0.2) is 48.8 Å². The molecule has 0 bridgehead atoms. The molecule has 0 fully saturated rings. The third-order valence-electron chi connectivity index (χ3n) is 3.20. The molecule has 0 saturated heterocycles. The zero-order valence-corrected chi connectivity index (χ0v) is 12.2. The summed E-state index contributed by atoms with van der Waals surface area (Å²) in [6.07, 6.45) is 4.35. The van der Waals surface area contributed by atoms with Crippen LogP contribution in [0, 0.1) is 0 Å². The molecule has 0 aliphatic carbocycles. The Labute approximate surface area is 125 Å². The van der Waals surface area contributed by atoms with E-state index in [-0.39, 0.29) is 6.04 Å². The van der Waals surface area contributed by atoms with Crippen molar-refractivity contribution in [2.75, 3.05) is 20.3 Å². The highest BCUT2D eigenvalue weighted by Crippen LogP contribution is 2.27. The Kier molecular flexibility index (Phi) is 6.15. The lowest BCUT2D eigenvalue weighted by Gasteiger charge is -2.20. The highest BCUT2D eigenvalue weighted by molar-refractivity contribution is 5.36. The van der Waals surface area contributed by atoms with Crippen molar-refractivity contribution in [2.24, 2.45) is 5.84 Å². The first-order valence-electron chi connectivity index (χ1n) is 6.91. The van der Waals surface area contributed by atoms with Crippen molar-refractivity contribution in [3.8, 4) is 5.75 Å². The van der Waals surface area contributed by atoms with Crippen molar-refractivity contribution >= 4 is 0 Å². The van der Waals surface area contributed by atoms with Gasteiger partial charge in [-0.3, -0.25) is 16.3 Å². The number of hydrazine groups is 1. The van der Waals surface area contributed by atoms with Crippen LogP contribution in [-0.2, 0) is 11.2 Å². The Morgan fingerprint density at radius 2 is 2.05 bits per heavy atom. The van der Waals surface area contributed by atoms with Crippen molar-refractivity contribution in [2.45, 2.75) is 12.5 Å². The van der Waals surface area contributed by atoms with Gasteiger partial charge in [0.2, 0.25) is 0 Å². The minimum absolute atomic E-state index is 0.0343. The van der Waals surface area contributed by atoms with Crippen LogP contribution in [0.2, 0.25) is 0 Å². The number of nitrogens with zero attached hydrogens (tertiary/aromatic N) is 1. The van der Waals surface area contributed by atoms with Gasteiger partial charge in [-0.25, -0.2) is 0 Å². The maximum atomic E-state index is 5.76. The Morgan fingerprint density at radius 1 is 1.19 bits per heavy atom. The first kappa shape index (κ1) is 15.4. The number of methoxy groups -OCH3 is 1. The van der Waals surface area contributed by atoms with Crippen LogP contribution in [0.3, 0.4) is 0 Å². The topological polar surface area (TPSA) is 69.4 Å². The average Bonchev–Trinajstić information content (AvgIpc) is 2.54. The highest BCUT2D eigenvalue weighted by Gasteiger charge is 2.15. The van der Waals surface area contributed by atoms with E-state index >= 15 is 0 Å². The highest BCUT2D eigenvalue weighted by atomic mass is 16.5. The molecule has 1 aromatic heterocycles.